The summed E-state index contributed by atoms with van der Waals surface area (Å²) < 4.78 is 12.7. The number of aromatic nitrogens is 2. The number of methoxy groups -OCH3 is 2. The Labute approximate surface area is 217 Å². The number of rotatable bonds is 6. The molecule has 2 heterocycles. The van der Waals surface area contributed by atoms with E-state index in [0.29, 0.717) is 18.8 Å². The number of anilines is 1. The lowest BCUT2D eigenvalue weighted by Gasteiger charge is -2.36. The van der Waals surface area contributed by atoms with E-state index in [1.807, 2.05) is 59.5 Å². The summed E-state index contributed by atoms with van der Waals surface area (Å²) in [4.78, 5) is 18.1. The van der Waals surface area contributed by atoms with Crippen LogP contribution in [0.4, 0.5) is 5.69 Å². The number of ether oxygens (including phenoxy) is 2. The molecule has 0 radical (unpaired) electrons. The minimum absolute atomic E-state index is 0.0266. The van der Waals surface area contributed by atoms with Gasteiger partial charge in [0.2, 0.25) is 0 Å². The molecular weight excluding hydrogens is 464 g/mol. The first-order valence-electron chi connectivity index (χ1n) is 12.5. The van der Waals surface area contributed by atoms with Gasteiger partial charge in [0.15, 0.2) is 0 Å². The summed E-state index contributed by atoms with van der Waals surface area (Å²) in [5, 5.41) is 4.90. The Bertz CT molecular complexity index is 1420. The van der Waals surface area contributed by atoms with E-state index >= 15 is 0 Å². The van der Waals surface area contributed by atoms with Crippen LogP contribution in [0.15, 0.2) is 72.8 Å². The summed E-state index contributed by atoms with van der Waals surface area (Å²) in [6, 6.07) is 23.9. The monoisotopic (exact) mass is 496 g/mol. The van der Waals surface area contributed by atoms with Crippen molar-refractivity contribution in [3.63, 3.8) is 0 Å². The molecule has 1 amide bonds. The van der Waals surface area contributed by atoms with Crippen molar-refractivity contribution < 1.29 is 14.3 Å². The van der Waals surface area contributed by atoms with E-state index in [4.69, 9.17) is 14.6 Å². The molecule has 0 atom stereocenters. The molecule has 0 spiro atoms. The molecule has 4 aromatic rings. The maximum Gasteiger partial charge on any atom is 0.272 e. The highest BCUT2D eigenvalue weighted by molar-refractivity contribution is 5.94. The van der Waals surface area contributed by atoms with Crippen LogP contribution in [0.2, 0.25) is 0 Å². The van der Waals surface area contributed by atoms with Gasteiger partial charge in [-0.15, -0.1) is 0 Å². The molecule has 0 aliphatic carbocycles. The van der Waals surface area contributed by atoms with Gasteiger partial charge in [0, 0.05) is 31.7 Å². The lowest BCUT2D eigenvalue weighted by molar-refractivity contribution is 0.0737. The zero-order valence-corrected chi connectivity index (χ0v) is 21.8. The zero-order valence-electron chi connectivity index (χ0n) is 21.8. The lowest BCUT2D eigenvalue weighted by Crippen LogP contribution is -2.49. The minimum atomic E-state index is -0.0266. The number of piperazine rings is 1. The number of carbonyl (C=O) groups excluding carboxylic acids is 1. The normalized spacial score (nSPS) is 13.5. The summed E-state index contributed by atoms with van der Waals surface area (Å²) >= 11 is 0. The summed E-state index contributed by atoms with van der Waals surface area (Å²) in [7, 11) is 3.33. The number of amides is 1. The van der Waals surface area contributed by atoms with Gasteiger partial charge in [0.05, 0.1) is 31.3 Å². The SMILES string of the molecule is COc1cccc(-c2cc(C(=O)N3CCN(c4ccccc4OC)CC3)n(-c3ccc(C)cc3C)n2)c1. The average molecular weight is 497 g/mol. The summed E-state index contributed by atoms with van der Waals surface area (Å²) in [5.74, 6) is 1.57. The van der Waals surface area contributed by atoms with Gasteiger partial charge >= 0.3 is 0 Å². The van der Waals surface area contributed by atoms with Crippen LogP contribution in [0.1, 0.15) is 21.6 Å². The molecule has 0 N–H and O–H groups in total. The van der Waals surface area contributed by atoms with Crippen molar-refractivity contribution in [1.82, 2.24) is 14.7 Å². The van der Waals surface area contributed by atoms with Gasteiger partial charge in [0.25, 0.3) is 5.91 Å². The highest BCUT2D eigenvalue weighted by atomic mass is 16.5. The van der Waals surface area contributed by atoms with Crippen molar-refractivity contribution in [2.45, 2.75) is 13.8 Å². The van der Waals surface area contributed by atoms with Gasteiger partial charge in [-0.1, -0.05) is 42.0 Å². The molecule has 190 valence electrons. The van der Waals surface area contributed by atoms with Gasteiger partial charge in [-0.3, -0.25) is 4.79 Å². The summed E-state index contributed by atoms with van der Waals surface area (Å²) in [6.07, 6.45) is 0. The molecule has 1 aliphatic heterocycles. The van der Waals surface area contributed by atoms with E-state index in [0.717, 1.165) is 52.8 Å². The Morgan fingerprint density at radius 1 is 0.811 bits per heavy atom. The van der Waals surface area contributed by atoms with Crippen LogP contribution >= 0.6 is 0 Å². The molecule has 0 unspecified atom stereocenters. The molecule has 1 aliphatic rings. The average Bonchev–Trinajstić information content (AvgIpc) is 3.38. The third-order valence-corrected chi connectivity index (χ3v) is 6.87. The predicted molar refractivity (Wildman–Crippen MR) is 146 cm³/mol. The first-order valence-corrected chi connectivity index (χ1v) is 12.5. The van der Waals surface area contributed by atoms with Gasteiger partial charge < -0.3 is 19.3 Å². The zero-order chi connectivity index (χ0) is 25.9. The van der Waals surface area contributed by atoms with E-state index < -0.39 is 0 Å². The second-order valence-corrected chi connectivity index (χ2v) is 9.30. The predicted octanol–water partition coefficient (Wildman–Crippen LogP) is 5.14. The molecule has 0 bridgehead atoms. The number of carbonyl (C=O) groups is 1. The second-order valence-electron chi connectivity index (χ2n) is 9.30. The maximum atomic E-state index is 13.9. The van der Waals surface area contributed by atoms with Crippen molar-refractivity contribution >= 4 is 11.6 Å². The van der Waals surface area contributed by atoms with Crippen LogP contribution in [-0.4, -0.2) is 61.0 Å². The molecule has 37 heavy (non-hydrogen) atoms. The third-order valence-electron chi connectivity index (χ3n) is 6.87. The molecule has 7 heteroatoms. The number of para-hydroxylation sites is 2. The van der Waals surface area contributed by atoms with E-state index in [1.165, 1.54) is 5.56 Å². The number of hydrogen-bond donors (Lipinski definition) is 0. The van der Waals surface area contributed by atoms with Crippen LogP contribution in [0.5, 0.6) is 11.5 Å². The van der Waals surface area contributed by atoms with Crippen LogP contribution in [0, 0.1) is 13.8 Å². The van der Waals surface area contributed by atoms with Crippen molar-refractivity contribution in [3.8, 4) is 28.4 Å². The minimum Gasteiger partial charge on any atom is -0.497 e. The first-order chi connectivity index (χ1) is 18.0. The second kappa shape index (κ2) is 10.4. The molecule has 5 rings (SSSR count). The highest BCUT2D eigenvalue weighted by Crippen LogP contribution is 2.30. The highest BCUT2D eigenvalue weighted by Gasteiger charge is 2.27. The number of benzene rings is 3. The van der Waals surface area contributed by atoms with E-state index in [2.05, 4.69) is 36.9 Å². The van der Waals surface area contributed by atoms with Crippen LogP contribution < -0.4 is 14.4 Å². The first kappa shape index (κ1) is 24.4. The standard InChI is InChI=1S/C30H32N4O3/c1-21-12-13-26(22(2)18-21)34-28(20-25(31-34)23-8-7-9-24(19-23)36-3)30(35)33-16-14-32(15-17-33)27-10-5-6-11-29(27)37-4/h5-13,18-20H,14-17H2,1-4H3. The lowest BCUT2D eigenvalue weighted by atomic mass is 10.1. The Morgan fingerprint density at radius 3 is 2.32 bits per heavy atom. The molecular formula is C30H32N4O3. The Morgan fingerprint density at radius 2 is 1.59 bits per heavy atom. The van der Waals surface area contributed by atoms with Crippen LogP contribution in [-0.2, 0) is 0 Å². The van der Waals surface area contributed by atoms with Crippen molar-refractivity contribution in [2.75, 3.05) is 45.3 Å². The molecule has 1 fully saturated rings. The van der Waals surface area contributed by atoms with Gasteiger partial charge in [-0.25, -0.2) is 4.68 Å². The maximum absolute atomic E-state index is 13.9. The summed E-state index contributed by atoms with van der Waals surface area (Å²) in [6.45, 7) is 6.80. The van der Waals surface area contributed by atoms with Crippen molar-refractivity contribution in [3.05, 3.63) is 89.6 Å². The van der Waals surface area contributed by atoms with E-state index in [1.54, 1.807) is 18.9 Å². The quantitative estimate of drug-likeness (QED) is 0.370. The molecule has 0 saturated carbocycles. The van der Waals surface area contributed by atoms with Crippen LogP contribution in [0.3, 0.4) is 0 Å². The molecule has 1 saturated heterocycles. The van der Waals surface area contributed by atoms with Gasteiger partial charge in [-0.2, -0.15) is 5.10 Å². The number of hydrogen-bond acceptors (Lipinski definition) is 5. The molecule has 3 aromatic carbocycles. The van der Waals surface area contributed by atoms with Gasteiger partial charge in [-0.05, 0) is 55.8 Å². The smallest absolute Gasteiger partial charge is 0.272 e. The molecule has 1 aromatic heterocycles. The van der Waals surface area contributed by atoms with Crippen LogP contribution in [0.25, 0.3) is 16.9 Å². The fourth-order valence-corrected chi connectivity index (χ4v) is 4.89. The topological polar surface area (TPSA) is 59.8 Å². The van der Waals surface area contributed by atoms with E-state index in [-0.39, 0.29) is 5.91 Å². The fourth-order valence-electron chi connectivity index (χ4n) is 4.89. The fraction of sp³-hybridized carbons (Fsp3) is 0.267. The Balaban J connectivity index is 1.46. The van der Waals surface area contributed by atoms with E-state index in [9.17, 15) is 4.79 Å². The Kier molecular flexibility index (Phi) is 6.86. The number of aryl methyl sites for hydroxylation is 2. The van der Waals surface area contributed by atoms with Gasteiger partial charge in [0.1, 0.15) is 17.2 Å². The van der Waals surface area contributed by atoms with Crippen molar-refractivity contribution in [1.29, 1.82) is 0 Å². The Hall–Kier alpha value is -4.26. The third kappa shape index (κ3) is 4.89. The summed E-state index contributed by atoms with van der Waals surface area (Å²) in [5.41, 5.74) is 6.37. The largest absolute Gasteiger partial charge is 0.497 e. The molecule has 7 nitrogen and oxygen atoms in total. The number of nitrogens with zero attached hydrogens (tertiary/aromatic N) is 4. The van der Waals surface area contributed by atoms with Crippen molar-refractivity contribution in [2.24, 2.45) is 0 Å².